The predicted octanol–water partition coefficient (Wildman–Crippen LogP) is 1.58. The minimum atomic E-state index is -0.287. The first-order chi connectivity index (χ1) is 7.00. The third kappa shape index (κ3) is 4.03. The van der Waals surface area contributed by atoms with E-state index in [-0.39, 0.29) is 23.2 Å². The Balaban J connectivity index is 2.32. The first kappa shape index (κ1) is 12.8. The summed E-state index contributed by atoms with van der Waals surface area (Å²) in [6.45, 7) is 5.98. The van der Waals surface area contributed by atoms with Crippen LogP contribution in [0.4, 0.5) is 0 Å². The lowest BCUT2D eigenvalue weighted by molar-refractivity contribution is -0.151. The minimum absolute atomic E-state index is 0.0992. The van der Waals surface area contributed by atoms with Crippen molar-refractivity contribution >= 4 is 18.6 Å². The molecule has 0 aromatic carbocycles. The summed E-state index contributed by atoms with van der Waals surface area (Å²) in [4.78, 5) is 13.9. The molecule has 0 aromatic rings. The van der Waals surface area contributed by atoms with Gasteiger partial charge in [0.05, 0.1) is 0 Å². The Bertz CT molecular complexity index is 213. The number of ether oxygens (including phenoxy) is 1. The zero-order chi connectivity index (χ0) is 11.4. The van der Waals surface area contributed by atoms with Crippen LogP contribution in [0.5, 0.6) is 0 Å². The summed E-state index contributed by atoms with van der Waals surface area (Å²) in [7, 11) is 2.09. The van der Waals surface area contributed by atoms with E-state index in [0.717, 1.165) is 25.9 Å². The van der Waals surface area contributed by atoms with Crippen molar-refractivity contribution in [1.29, 1.82) is 0 Å². The molecule has 1 aliphatic rings. The highest BCUT2D eigenvalue weighted by atomic mass is 32.1. The van der Waals surface area contributed by atoms with Crippen molar-refractivity contribution in [2.45, 2.75) is 38.0 Å². The maximum Gasteiger partial charge on any atom is 0.319 e. The Hall–Kier alpha value is -0.220. The molecular formula is C11H21NO2S. The van der Waals surface area contributed by atoms with E-state index in [1.807, 2.05) is 13.8 Å². The third-order valence-electron chi connectivity index (χ3n) is 2.82. The van der Waals surface area contributed by atoms with E-state index in [4.69, 9.17) is 4.74 Å². The van der Waals surface area contributed by atoms with Gasteiger partial charge in [0, 0.05) is 13.1 Å². The van der Waals surface area contributed by atoms with Crippen LogP contribution in [-0.4, -0.2) is 42.4 Å². The van der Waals surface area contributed by atoms with Crippen LogP contribution in [0.1, 0.15) is 26.7 Å². The van der Waals surface area contributed by atoms with E-state index >= 15 is 0 Å². The number of hydrogen-bond donors (Lipinski definition) is 1. The summed E-state index contributed by atoms with van der Waals surface area (Å²) in [6, 6.07) is 0. The van der Waals surface area contributed by atoms with Crippen molar-refractivity contribution in [1.82, 2.24) is 4.90 Å². The molecule has 0 amide bonds. The summed E-state index contributed by atoms with van der Waals surface area (Å²) < 4.78 is 5.42. The van der Waals surface area contributed by atoms with Gasteiger partial charge in [0.25, 0.3) is 0 Å². The molecule has 0 aliphatic carbocycles. The van der Waals surface area contributed by atoms with Crippen LogP contribution in [0, 0.1) is 5.92 Å². The van der Waals surface area contributed by atoms with Crippen molar-refractivity contribution in [3.8, 4) is 0 Å². The fourth-order valence-electron chi connectivity index (χ4n) is 1.61. The molecule has 0 N–H and O–H groups in total. The fourth-order valence-corrected chi connectivity index (χ4v) is 1.67. The summed E-state index contributed by atoms with van der Waals surface area (Å²) in [5.74, 6) is 0.0648. The highest BCUT2D eigenvalue weighted by molar-refractivity contribution is 7.81. The van der Waals surface area contributed by atoms with Crippen LogP contribution in [0.3, 0.4) is 0 Å². The second kappa shape index (κ2) is 5.75. The van der Waals surface area contributed by atoms with Crippen LogP contribution in [0.25, 0.3) is 0 Å². The molecule has 15 heavy (non-hydrogen) atoms. The van der Waals surface area contributed by atoms with E-state index < -0.39 is 0 Å². The van der Waals surface area contributed by atoms with E-state index in [9.17, 15) is 4.79 Å². The zero-order valence-electron chi connectivity index (χ0n) is 9.77. The number of rotatable bonds is 3. The number of likely N-dealkylation sites (tertiary alicyclic amines) is 1. The number of carbonyl (C=O) groups excluding carboxylic acids is 1. The smallest absolute Gasteiger partial charge is 0.319 e. The van der Waals surface area contributed by atoms with E-state index in [0.29, 0.717) is 0 Å². The average Bonchev–Trinajstić information content (AvgIpc) is 2.20. The predicted molar refractivity (Wildman–Crippen MR) is 64.2 cm³/mol. The Kier molecular flexibility index (Phi) is 4.93. The molecule has 1 heterocycles. The highest BCUT2D eigenvalue weighted by Gasteiger charge is 2.25. The molecule has 1 aliphatic heterocycles. The van der Waals surface area contributed by atoms with Crippen LogP contribution in [0.15, 0.2) is 0 Å². The lowest BCUT2D eigenvalue weighted by Crippen LogP contribution is -2.37. The van der Waals surface area contributed by atoms with Gasteiger partial charge in [-0.05, 0) is 25.8 Å². The van der Waals surface area contributed by atoms with Crippen molar-refractivity contribution in [2.24, 2.45) is 5.92 Å². The Morgan fingerprint density at radius 1 is 1.40 bits per heavy atom. The van der Waals surface area contributed by atoms with Crippen LogP contribution < -0.4 is 0 Å². The SMILES string of the molecule is CC(C)C(S)C(=O)OC1CCN(C)CC1. The molecule has 3 nitrogen and oxygen atoms in total. The molecule has 1 unspecified atom stereocenters. The van der Waals surface area contributed by atoms with Gasteiger partial charge < -0.3 is 9.64 Å². The number of esters is 1. The first-order valence-electron chi connectivity index (χ1n) is 5.58. The quantitative estimate of drug-likeness (QED) is 0.591. The summed E-state index contributed by atoms with van der Waals surface area (Å²) >= 11 is 4.25. The van der Waals surface area contributed by atoms with E-state index in [1.165, 1.54) is 0 Å². The maximum absolute atomic E-state index is 11.6. The minimum Gasteiger partial charge on any atom is -0.461 e. The third-order valence-corrected chi connectivity index (χ3v) is 3.63. The molecule has 1 rings (SSSR count). The molecule has 0 aromatic heterocycles. The van der Waals surface area contributed by atoms with Crippen LogP contribution in [0.2, 0.25) is 0 Å². The Morgan fingerprint density at radius 3 is 2.40 bits per heavy atom. The van der Waals surface area contributed by atoms with Gasteiger partial charge in [-0.15, -0.1) is 0 Å². The van der Waals surface area contributed by atoms with Gasteiger partial charge in [-0.3, -0.25) is 4.79 Å². The summed E-state index contributed by atoms with van der Waals surface area (Å²) in [6.07, 6.45) is 1.99. The van der Waals surface area contributed by atoms with E-state index in [1.54, 1.807) is 0 Å². The number of hydrogen-bond acceptors (Lipinski definition) is 4. The zero-order valence-corrected chi connectivity index (χ0v) is 10.7. The number of carbonyl (C=O) groups is 1. The van der Waals surface area contributed by atoms with Gasteiger partial charge in [0.2, 0.25) is 0 Å². The molecule has 88 valence electrons. The van der Waals surface area contributed by atoms with Crippen molar-refractivity contribution in [3.63, 3.8) is 0 Å². The van der Waals surface area contributed by atoms with Crippen molar-refractivity contribution in [2.75, 3.05) is 20.1 Å². The molecule has 1 fully saturated rings. The van der Waals surface area contributed by atoms with Crippen LogP contribution >= 0.6 is 12.6 Å². The normalized spacial score (nSPS) is 21.7. The van der Waals surface area contributed by atoms with Crippen molar-refractivity contribution in [3.05, 3.63) is 0 Å². The van der Waals surface area contributed by atoms with Gasteiger partial charge in [0.1, 0.15) is 11.4 Å². The molecule has 1 saturated heterocycles. The molecule has 0 bridgehead atoms. The molecule has 0 saturated carbocycles. The monoisotopic (exact) mass is 231 g/mol. The van der Waals surface area contributed by atoms with Gasteiger partial charge in [-0.1, -0.05) is 13.8 Å². The highest BCUT2D eigenvalue weighted by Crippen LogP contribution is 2.16. The van der Waals surface area contributed by atoms with Crippen LogP contribution in [-0.2, 0) is 9.53 Å². The second-order valence-corrected chi connectivity index (χ2v) is 5.18. The fraction of sp³-hybridized carbons (Fsp3) is 0.909. The largest absolute Gasteiger partial charge is 0.461 e. The van der Waals surface area contributed by atoms with Gasteiger partial charge in [-0.2, -0.15) is 12.6 Å². The second-order valence-electron chi connectivity index (χ2n) is 4.63. The molecule has 0 radical (unpaired) electrons. The summed E-state index contributed by atoms with van der Waals surface area (Å²) in [5, 5.41) is -0.287. The molecular weight excluding hydrogens is 210 g/mol. The lowest BCUT2D eigenvalue weighted by Gasteiger charge is -2.29. The topological polar surface area (TPSA) is 29.5 Å². The van der Waals surface area contributed by atoms with Gasteiger partial charge in [0.15, 0.2) is 0 Å². The van der Waals surface area contributed by atoms with Gasteiger partial charge >= 0.3 is 5.97 Å². The molecule has 4 heteroatoms. The number of piperidine rings is 1. The average molecular weight is 231 g/mol. The first-order valence-corrected chi connectivity index (χ1v) is 6.09. The molecule has 0 spiro atoms. The lowest BCUT2D eigenvalue weighted by atomic mass is 10.1. The number of thiol groups is 1. The standard InChI is InChI=1S/C11H21NO2S/c1-8(2)10(15)11(13)14-9-4-6-12(3)7-5-9/h8-10,15H,4-7H2,1-3H3. The Morgan fingerprint density at radius 2 is 1.93 bits per heavy atom. The molecule has 1 atom stereocenters. The maximum atomic E-state index is 11.6. The van der Waals surface area contributed by atoms with Crippen molar-refractivity contribution < 1.29 is 9.53 Å². The van der Waals surface area contributed by atoms with E-state index in [2.05, 4.69) is 24.6 Å². The van der Waals surface area contributed by atoms with Gasteiger partial charge in [-0.25, -0.2) is 0 Å². The Labute approximate surface area is 97.6 Å². The summed E-state index contributed by atoms with van der Waals surface area (Å²) in [5.41, 5.74) is 0. The number of nitrogens with zero attached hydrogens (tertiary/aromatic N) is 1.